The number of carboxylic acids is 1. The van der Waals surface area contributed by atoms with Gasteiger partial charge in [0, 0.05) is 10.4 Å². The summed E-state index contributed by atoms with van der Waals surface area (Å²) in [4.78, 5) is 20.4. The zero-order valence-electron chi connectivity index (χ0n) is 9.68. The molecule has 0 amide bonds. The first-order valence-corrected chi connectivity index (χ1v) is 5.41. The maximum atomic E-state index is 10.5. The van der Waals surface area contributed by atoms with E-state index in [0.717, 1.165) is 0 Å². The minimum atomic E-state index is -1.36. The number of hydrogen-bond acceptors (Lipinski definition) is 6. The Morgan fingerprint density at radius 3 is 2.95 bits per heavy atom. The van der Waals surface area contributed by atoms with Gasteiger partial charge in [-0.15, -0.1) is 0 Å². The van der Waals surface area contributed by atoms with E-state index < -0.39 is 37.3 Å². The monoisotopic (exact) mass is 267 g/mol. The first-order valence-electron chi connectivity index (χ1n) is 5.41. The molecule has 0 saturated carbocycles. The van der Waals surface area contributed by atoms with E-state index in [9.17, 15) is 19.9 Å². The van der Waals surface area contributed by atoms with Crippen LogP contribution in [0, 0.1) is 10.1 Å². The second-order valence-corrected chi connectivity index (χ2v) is 3.93. The predicted molar refractivity (Wildman–Crippen MR) is 62.9 cm³/mol. The molecule has 1 unspecified atom stereocenters. The molecule has 1 atom stereocenters. The number of fused-ring (bicyclic) bond motifs is 1. The molecule has 0 radical (unpaired) electrons. The summed E-state index contributed by atoms with van der Waals surface area (Å²) < 4.78 is 10.1. The molecule has 1 aromatic rings. The van der Waals surface area contributed by atoms with Gasteiger partial charge in [-0.3, -0.25) is 10.1 Å². The molecule has 1 aromatic carbocycles. The maximum absolute atomic E-state index is 10.5. The van der Waals surface area contributed by atoms with Crippen molar-refractivity contribution < 1.29 is 29.2 Å². The summed E-state index contributed by atoms with van der Waals surface area (Å²) in [5.74, 6) is -1.01. The van der Waals surface area contributed by atoms with Crippen molar-refractivity contribution in [1.82, 2.24) is 0 Å². The molecule has 2 N–H and O–H groups in total. The summed E-state index contributed by atoms with van der Waals surface area (Å²) in [7, 11) is -1.36. The SMILES string of the molecule is O=C(O)COc1cccc2c1B(O)OC2C[N+](=O)[O-]. The van der Waals surface area contributed by atoms with E-state index in [2.05, 4.69) is 0 Å². The quantitative estimate of drug-likeness (QED) is 0.406. The van der Waals surface area contributed by atoms with Gasteiger partial charge in [-0.1, -0.05) is 12.1 Å². The maximum Gasteiger partial charge on any atom is 0.496 e. The van der Waals surface area contributed by atoms with Gasteiger partial charge in [0.25, 0.3) is 0 Å². The van der Waals surface area contributed by atoms with Crippen molar-refractivity contribution >= 4 is 18.6 Å². The summed E-state index contributed by atoms with van der Waals surface area (Å²) >= 11 is 0. The minimum Gasteiger partial charge on any atom is -0.482 e. The molecule has 1 aliphatic rings. The lowest BCUT2D eigenvalue weighted by molar-refractivity contribution is -0.490. The van der Waals surface area contributed by atoms with Gasteiger partial charge in [-0.2, -0.15) is 0 Å². The van der Waals surface area contributed by atoms with E-state index >= 15 is 0 Å². The van der Waals surface area contributed by atoms with E-state index in [1.165, 1.54) is 6.07 Å². The average Bonchev–Trinajstić information content (AvgIpc) is 2.63. The molecule has 2 rings (SSSR count). The highest BCUT2D eigenvalue weighted by molar-refractivity contribution is 6.62. The van der Waals surface area contributed by atoms with Gasteiger partial charge in [0.1, 0.15) is 11.9 Å². The molecule has 9 heteroatoms. The lowest BCUT2D eigenvalue weighted by Gasteiger charge is -2.09. The van der Waals surface area contributed by atoms with Crippen LogP contribution in [0.4, 0.5) is 0 Å². The van der Waals surface area contributed by atoms with Gasteiger partial charge in [0.15, 0.2) is 6.61 Å². The Kier molecular flexibility index (Phi) is 3.68. The number of nitrogens with zero attached hydrogens (tertiary/aromatic N) is 1. The van der Waals surface area contributed by atoms with Crippen LogP contribution in [0.2, 0.25) is 0 Å². The standard InChI is InChI=1S/C10H10BNO7/c13-9(14)5-18-7-3-1-2-6-8(4-12(16)17)19-11(15)10(6)7/h1-3,8,15H,4-5H2,(H,13,14). The Labute approximate surface area is 107 Å². The van der Waals surface area contributed by atoms with E-state index in [1.807, 2.05) is 0 Å². The van der Waals surface area contributed by atoms with Gasteiger partial charge >= 0.3 is 13.1 Å². The smallest absolute Gasteiger partial charge is 0.482 e. The number of hydrogen-bond donors (Lipinski definition) is 2. The third-order valence-corrected chi connectivity index (χ3v) is 2.65. The van der Waals surface area contributed by atoms with E-state index in [4.69, 9.17) is 14.5 Å². The summed E-state index contributed by atoms with van der Waals surface area (Å²) in [6.07, 6.45) is -0.867. The largest absolute Gasteiger partial charge is 0.496 e. The van der Waals surface area contributed by atoms with Crippen LogP contribution in [0.3, 0.4) is 0 Å². The zero-order chi connectivity index (χ0) is 14.0. The molecule has 0 spiro atoms. The number of carboxylic acid groups (broad SMARTS) is 1. The average molecular weight is 267 g/mol. The Bertz CT molecular complexity index is 521. The van der Waals surface area contributed by atoms with Crippen molar-refractivity contribution in [3.63, 3.8) is 0 Å². The van der Waals surface area contributed by atoms with Crippen LogP contribution in [0.25, 0.3) is 0 Å². The van der Waals surface area contributed by atoms with E-state index in [1.54, 1.807) is 12.1 Å². The van der Waals surface area contributed by atoms with Crippen LogP contribution in [-0.4, -0.2) is 41.3 Å². The van der Waals surface area contributed by atoms with Crippen LogP contribution in [-0.2, 0) is 9.45 Å². The van der Waals surface area contributed by atoms with Crippen molar-refractivity contribution in [2.75, 3.05) is 13.2 Å². The highest BCUT2D eigenvalue weighted by Gasteiger charge is 2.40. The summed E-state index contributed by atoms with van der Waals surface area (Å²) in [6, 6.07) is 4.61. The molecular formula is C10H10BNO7. The predicted octanol–water partition coefficient (Wildman–Crippen LogP) is -0.814. The summed E-state index contributed by atoms with van der Waals surface area (Å²) in [5, 5.41) is 28.8. The number of carbonyl (C=O) groups is 1. The van der Waals surface area contributed by atoms with Crippen molar-refractivity contribution in [3.8, 4) is 5.75 Å². The van der Waals surface area contributed by atoms with Crippen molar-refractivity contribution in [1.29, 1.82) is 0 Å². The fourth-order valence-electron chi connectivity index (χ4n) is 1.95. The molecule has 19 heavy (non-hydrogen) atoms. The Hall–Kier alpha value is -2.13. The topological polar surface area (TPSA) is 119 Å². The lowest BCUT2D eigenvalue weighted by Crippen LogP contribution is -2.30. The molecule has 0 fully saturated rings. The van der Waals surface area contributed by atoms with Gasteiger partial charge in [0.05, 0.1) is 0 Å². The normalized spacial score (nSPS) is 17.1. The first kappa shape index (κ1) is 13.3. The van der Waals surface area contributed by atoms with Crippen LogP contribution in [0.1, 0.15) is 11.7 Å². The van der Waals surface area contributed by atoms with E-state index in [0.29, 0.717) is 5.56 Å². The van der Waals surface area contributed by atoms with Crippen molar-refractivity contribution in [3.05, 3.63) is 33.9 Å². The second-order valence-electron chi connectivity index (χ2n) is 3.93. The van der Waals surface area contributed by atoms with Crippen LogP contribution in [0.5, 0.6) is 5.75 Å². The number of nitro groups is 1. The zero-order valence-corrected chi connectivity index (χ0v) is 9.68. The molecular weight excluding hydrogens is 257 g/mol. The molecule has 0 aliphatic carbocycles. The molecule has 1 heterocycles. The minimum absolute atomic E-state index is 0.151. The Balaban J connectivity index is 2.28. The Morgan fingerprint density at radius 1 is 1.58 bits per heavy atom. The summed E-state index contributed by atoms with van der Waals surface area (Å²) in [5.41, 5.74) is 0.683. The molecule has 0 aromatic heterocycles. The molecule has 8 nitrogen and oxygen atoms in total. The highest BCUT2D eigenvalue weighted by Crippen LogP contribution is 2.27. The van der Waals surface area contributed by atoms with Gasteiger partial charge in [0.2, 0.25) is 6.54 Å². The Morgan fingerprint density at radius 2 is 2.32 bits per heavy atom. The van der Waals surface area contributed by atoms with Gasteiger partial charge < -0.3 is 19.5 Å². The summed E-state index contributed by atoms with van der Waals surface area (Å²) in [6.45, 7) is -1.05. The number of aliphatic carboxylic acids is 1. The van der Waals surface area contributed by atoms with Crippen LogP contribution in [0.15, 0.2) is 18.2 Å². The van der Waals surface area contributed by atoms with Gasteiger partial charge in [-0.25, -0.2) is 4.79 Å². The van der Waals surface area contributed by atoms with E-state index in [-0.39, 0.29) is 11.2 Å². The van der Waals surface area contributed by atoms with Gasteiger partial charge in [-0.05, 0) is 11.6 Å². The van der Waals surface area contributed by atoms with Crippen LogP contribution < -0.4 is 10.2 Å². The van der Waals surface area contributed by atoms with Crippen LogP contribution >= 0.6 is 0 Å². The fraction of sp³-hybridized carbons (Fsp3) is 0.300. The van der Waals surface area contributed by atoms with Crippen molar-refractivity contribution in [2.24, 2.45) is 0 Å². The molecule has 100 valence electrons. The molecule has 0 bridgehead atoms. The third kappa shape index (κ3) is 2.83. The molecule has 0 saturated heterocycles. The number of rotatable bonds is 5. The molecule has 1 aliphatic heterocycles. The number of benzene rings is 1. The lowest BCUT2D eigenvalue weighted by atomic mass is 9.78. The fourth-order valence-corrected chi connectivity index (χ4v) is 1.95. The second kappa shape index (κ2) is 5.25. The van der Waals surface area contributed by atoms with Crippen molar-refractivity contribution in [2.45, 2.75) is 6.10 Å². The first-order chi connectivity index (χ1) is 8.99. The number of ether oxygens (including phenoxy) is 1. The third-order valence-electron chi connectivity index (χ3n) is 2.65. The highest BCUT2D eigenvalue weighted by atomic mass is 16.6.